The highest BCUT2D eigenvalue weighted by atomic mass is 31.2. The SMILES string of the molecule is CC1(C)COP(OCCCN)OC1. The average Bonchev–Trinajstić information content (AvgIpc) is 2.08. The summed E-state index contributed by atoms with van der Waals surface area (Å²) in [6, 6.07) is 0. The summed E-state index contributed by atoms with van der Waals surface area (Å²) in [6.45, 7) is 6.92. The number of hydrogen-bond acceptors (Lipinski definition) is 4. The molecule has 0 atom stereocenters. The predicted molar refractivity (Wildman–Crippen MR) is 52.2 cm³/mol. The Bertz CT molecular complexity index is 144. The van der Waals surface area contributed by atoms with Crippen molar-refractivity contribution in [1.29, 1.82) is 0 Å². The van der Waals surface area contributed by atoms with Crippen molar-refractivity contribution in [3.63, 3.8) is 0 Å². The Hall–Kier alpha value is 0.270. The van der Waals surface area contributed by atoms with E-state index in [2.05, 4.69) is 13.8 Å². The van der Waals surface area contributed by atoms with Crippen LogP contribution in [0, 0.1) is 5.41 Å². The molecule has 5 heteroatoms. The van der Waals surface area contributed by atoms with Gasteiger partial charge in [0.15, 0.2) is 0 Å². The molecule has 0 aromatic rings. The summed E-state index contributed by atoms with van der Waals surface area (Å²) in [4.78, 5) is 0. The second kappa shape index (κ2) is 5.23. The third-order valence-corrected chi connectivity index (χ3v) is 2.74. The van der Waals surface area contributed by atoms with Crippen molar-refractivity contribution in [3.05, 3.63) is 0 Å². The van der Waals surface area contributed by atoms with Crippen LogP contribution in [0.2, 0.25) is 0 Å². The first-order valence-corrected chi connectivity index (χ1v) is 5.62. The lowest BCUT2D eigenvalue weighted by atomic mass is 9.97. The molecule has 1 fully saturated rings. The maximum absolute atomic E-state index is 5.42. The number of hydrogen-bond donors (Lipinski definition) is 1. The van der Waals surface area contributed by atoms with Gasteiger partial charge in [-0.1, -0.05) is 13.8 Å². The van der Waals surface area contributed by atoms with Gasteiger partial charge >= 0.3 is 8.60 Å². The molecule has 1 saturated heterocycles. The van der Waals surface area contributed by atoms with Crippen molar-refractivity contribution >= 4 is 8.60 Å². The molecule has 0 saturated carbocycles. The topological polar surface area (TPSA) is 53.7 Å². The van der Waals surface area contributed by atoms with Crippen LogP contribution in [0.3, 0.4) is 0 Å². The largest absolute Gasteiger partial charge is 0.332 e. The summed E-state index contributed by atoms with van der Waals surface area (Å²) >= 11 is 0. The summed E-state index contributed by atoms with van der Waals surface area (Å²) in [5, 5.41) is 0. The van der Waals surface area contributed by atoms with Crippen molar-refractivity contribution < 1.29 is 13.6 Å². The first-order chi connectivity index (χ1) is 6.14. The van der Waals surface area contributed by atoms with Crippen molar-refractivity contribution in [1.82, 2.24) is 0 Å². The fourth-order valence-electron chi connectivity index (χ4n) is 0.831. The molecule has 0 unspecified atom stereocenters. The van der Waals surface area contributed by atoms with Gasteiger partial charge in [-0.15, -0.1) is 0 Å². The van der Waals surface area contributed by atoms with Crippen LogP contribution in [-0.4, -0.2) is 26.4 Å². The molecular formula is C8H18NO3P. The van der Waals surface area contributed by atoms with Gasteiger partial charge in [-0.2, -0.15) is 0 Å². The van der Waals surface area contributed by atoms with Gasteiger partial charge in [0.2, 0.25) is 0 Å². The Morgan fingerprint density at radius 2 is 2.00 bits per heavy atom. The van der Waals surface area contributed by atoms with Crippen LogP contribution >= 0.6 is 8.60 Å². The van der Waals surface area contributed by atoms with Crippen molar-refractivity contribution in [2.75, 3.05) is 26.4 Å². The molecule has 1 rings (SSSR count). The molecule has 1 heterocycles. The zero-order chi connectivity index (χ0) is 9.73. The summed E-state index contributed by atoms with van der Waals surface area (Å²) in [7, 11) is -1.10. The van der Waals surface area contributed by atoms with E-state index in [1.54, 1.807) is 0 Å². The van der Waals surface area contributed by atoms with Crippen molar-refractivity contribution in [2.24, 2.45) is 11.1 Å². The lowest BCUT2D eigenvalue weighted by Gasteiger charge is -2.32. The smallest absolute Gasteiger partial charge is 0.330 e. The molecule has 0 aromatic heterocycles. The zero-order valence-corrected chi connectivity index (χ0v) is 9.18. The predicted octanol–water partition coefficient (Wildman–Crippen LogP) is 1.65. The van der Waals surface area contributed by atoms with Gasteiger partial charge in [-0.3, -0.25) is 0 Å². The number of nitrogens with two attached hydrogens (primary N) is 1. The highest BCUT2D eigenvalue weighted by Gasteiger charge is 2.29. The van der Waals surface area contributed by atoms with Crippen molar-refractivity contribution in [2.45, 2.75) is 20.3 Å². The first kappa shape index (κ1) is 11.3. The van der Waals surface area contributed by atoms with Crippen molar-refractivity contribution in [3.8, 4) is 0 Å². The van der Waals surface area contributed by atoms with E-state index >= 15 is 0 Å². The minimum Gasteiger partial charge on any atom is -0.330 e. The van der Waals surface area contributed by atoms with Crippen LogP contribution < -0.4 is 5.73 Å². The van der Waals surface area contributed by atoms with Gasteiger partial charge in [0.25, 0.3) is 0 Å². The van der Waals surface area contributed by atoms with Gasteiger partial charge in [-0.25, -0.2) is 0 Å². The minimum absolute atomic E-state index is 0.121. The molecule has 0 aromatic carbocycles. The van der Waals surface area contributed by atoms with E-state index in [-0.39, 0.29) is 5.41 Å². The van der Waals surface area contributed by atoms with Crippen LogP contribution in [0.5, 0.6) is 0 Å². The summed E-state index contributed by atoms with van der Waals surface area (Å²) < 4.78 is 16.2. The quantitative estimate of drug-likeness (QED) is 0.562. The molecular weight excluding hydrogens is 189 g/mol. The molecule has 0 aliphatic carbocycles. The molecule has 13 heavy (non-hydrogen) atoms. The highest BCUT2D eigenvalue weighted by Crippen LogP contribution is 2.46. The third kappa shape index (κ3) is 4.34. The third-order valence-electron chi connectivity index (χ3n) is 1.67. The maximum atomic E-state index is 5.42. The lowest BCUT2D eigenvalue weighted by Crippen LogP contribution is -2.28. The van der Waals surface area contributed by atoms with E-state index in [1.807, 2.05) is 0 Å². The van der Waals surface area contributed by atoms with Gasteiger partial charge in [-0.05, 0) is 13.0 Å². The molecule has 2 N–H and O–H groups in total. The second-order valence-electron chi connectivity index (χ2n) is 3.91. The monoisotopic (exact) mass is 207 g/mol. The zero-order valence-electron chi connectivity index (χ0n) is 8.28. The van der Waals surface area contributed by atoms with Gasteiger partial charge in [0.05, 0.1) is 19.8 Å². The summed E-state index contributed by atoms with van der Waals surface area (Å²) in [6.07, 6.45) is 0.856. The molecule has 78 valence electrons. The molecule has 4 nitrogen and oxygen atoms in total. The molecule has 0 radical (unpaired) electrons. The molecule has 1 aliphatic heterocycles. The van der Waals surface area contributed by atoms with Crippen LogP contribution in [0.1, 0.15) is 20.3 Å². The minimum atomic E-state index is -1.10. The van der Waals surface area contributed by atoms with E-state index in [0.717, 1.165) is 6.42 Å². The molecule has 0 amide bonds. The van der Waals surface area contributed by atoms with E-state index in [1.165, 1.54) is 0 Å². The first-order valence-electron chi connectivity index (χ1n) is 4.53. The molecule has 1 aliphatic rings. The van der Waals surface area contributed by atoms with Gasteiger partial charge in [0.1, 0.15) is 0 Å². The van der Waals surface area contributed by atoms with Gasteiger partial charge < -0.3 is 19.3 Å². The Labute approximate surface area is 80.7 Å². The number of rotatable bonds is 4. The Morgan fingerprint density at radius 1 is 1.38 bits per heavy atom. The highest BCUT2D eigenvalue weighted by molar-refractivity contribution is 7.41. The van der Waals surface area contributed by atoms with Crippen LogP contribution in [0.15, 0.2) is 0 Å². The van der Waals surface area contributed by atoms with E-state index < -0.39 is 8.60 Å². The maximum Gasteiger partial charge on any atom is 0.332 e. The molecule has 0 spiro atoms. The normalized spacial score (nSPS) is 23.3. The van der Waals surface area contributed by atoms with Crippen LogP contribution in [0.4, 0.5) is 0 Å². The lowest BCUT2D eigenvalue weighted by molar-refractivity contribution is 0.0278. The standard InChI is InChI=1S/C8H18NO3P/c1-8(2)6-11-13(12-7-8)10-5-3-4-9/h3-7,9H2,1-2H3. The van der Waals surface area contributed by atoms with Gasteiger partial charge in [0, 0.05) is 5.41 Å². The fraction of sp³-hybridized carbons (Fsp3) is 1.00. The Balaban J connectivity index is 2.11. The van der Waals surface area contributed by atoms with Crippen LogP contribution in [0.25, 0.3) is 0 Å². The Kier molecular flexibility index (Phi) is 4.56. The molecule has 0 bridgehead atoms. The summed E-state index contributed by atoms with van der Waals surface area (Å²) in [5.74, 6) is 0. The Morgan fingerprint density at radius 3 is 2.54 bits per heavy atom. The van der Waals surface area contributed by atoms with E-state index in [4.69, 9.17) is 19.3 Å². The fourth-order valence-corrected chi connectivity index (χ4v) is 2.24. The van der Waals surface area contributed by atoms with E-state index in [0.29, 0.717) is 26.4 Å². The second-order valence-corrected chi connectivity index (χ2v) is 5.13. The van der Waals surface area contributed by atoms with E-state index in [9.17, 15) is 0 Å². The average molecular weight is 207 g/mol. The summed E-state index contributed by atoms with van der Waals surface area (Å²) in [5.41, 5.74) is 5.45. The van der Waals surface area contributed by atoms with Crippen LogP contribution in [-0.2, 0) is 13.6 Å².